The van der Waals surface area contributed by atoms with Gasteiger partial charge in [0.2, 0.25) is 0 Å². The van der Waals surface area contributed by atoms with E-state index in [1.54, 1.807) is 12.1 Å². The Labute approximate surface area is 371 Å². The van der Waals surface area contributed by atoms with E-state index in [1.807, 2.05) is 43.0 Å². The molecule has 6 aromatic rings. The lowest BCUT2D eigenvalue weighted by Gasteiger charge is -2.36. The minimum atomic E-state index is -0.678. The van der Waals surface area contributed by atoms with Crippen LogP contribution in [0.25, 0.3) is 21.8 Å². The zero-order valence-corrected chi connectivity index (χ0v) is 35.9. The summed E-state index contributed by atoms with van der Waals surface area (Å²) in [5.41, 5.74) is 6.20. The van der Waals surface area contributed by atoms with Crippen LogP contribution in [0.5, 0.6) is 11.5 Å². The van der Waals surface area contributed by atoms with Crippen molar-refractivity contribution in [3.8, 4) is 11.5 Å². The molecule has 17 heteroatoms. The van der Waals surface area contributed by atoms with Gasteiger partial charge >= 0.3 is 0 Å². The lowest BCUT2D eigenvalue weighted by Crippen LogP contribution is -2.48. The van der Waals surface area contributed by atoms with E-state index >= 15 is 0 Å². The number of nitrogens with one attached hydrogen (secondary N) is 2. The summed E-state index contributed by atoms with van der Waals surface area (Å²) in [6.07, 6.45) is 0.659. The number of nitrogens with zero attached hydrogens (tertiary/aromatic N) is 6. The molecule has 4 aromatic carbocycles. The number of hydrogen-bond donors (Lipinski definition) is 2. The molecule has 0 radical (unpaired) electrons. The van der Waals surface area contributed by atoms with Gasteiger partial charge in [-0.15, -0.1) is 0 Å². The Morgan fingerprint density at radius 1 is 0.615 bits per heavy atom. The van der Waals surface area contributed by atoms with Crippen LogP contribution in [0.3, 0.4) is 0 Å². The molecule has 336 valence electrons. The van der Waals surface area contributed by atoms with Gasteiger partial charge in [0.05, 0.1) is 29.0 Å². The third kappa shape index (κ3) is 9.66. The largest absolute Gasteiger partial charge is 0.478 e. The van der Waals surface area contributed by atoms with Crippen molar-refractivity contribution in [3.05, 3.63) is 119 Å². The maximum atomic E-state index is 14.3. The molecule has 2 aromatic heterocycles. The maximum absolute atomic E-state index is 14.3. The number of carbonyl (C=O) groups excluding carboxylic acids is 3. The molecule has 2 saturated heterocycles. The molecule has 65 heavy (non-hydrogen) atoms. The average Bonchev–Trinajstić information content (AvgIpc) is 3.28. The van der Waals surface area contributed by atoms with Crippen molar-refractivity contribution in [3.63, 3.8) is 0 Å². The minimum Gasteiger partial charge on any atom is -0.478 e. The van der Waals surface area contributed by atoms with Gasteiger partial charge in [-0.1, -0.05) is 0 Å². The summed E-state index contributed by atoms with van der Waals surface area (Å²) < 4.78 is 67.4. The number of aryl methyl sites for hydroxylation is 2. The van der Waals surface area contributed by atoms with E-state index in [2.05, 4.69) is 35.3 Å². The van der Waals surface area contributed by atoms with Gasteiger partial charge in [-0.05, 0) is 86.5 Å². The third-order valence-corrected chi connectivity index (χ3v) is 12.0. The number of anilines is 4. The first-order valence-corrected chi connectivity index (χ1v) is 21.5. The van der Waals surface area contributed by atoms with Gasteiger partial charge in [0.1, 0.15) is 11.6 Å². The fourth-order valence-corrected chi connectivity index (χ4v) is 8.71. The molecule has 4 aliphatic rings. The predicted octanol–water partition coefficient (Wildman–Crippen LogP) is 6.67. The van der Waals surface area contributed by atoms with Crippen LogP contribution >= 0.6 is 0 Å². The van der Waals surface area contributed by atoms with E-state index in [-0.39, 0.29) is 65.8 Å². The predicted molar refractivity (Wildman–Crippen MR) is 239 cm³/mol. The van der Waals surface area contributed by atoms with Crippen LogP contribution in [0.4, 0.5) is 40.3 Å². The molecule has 6 heterocycles. The highest BCUT2D eigenvalue weighted by Gasteiger charge is 2.27. The van der Waals surface area contributed by atoms with Gasteiger partial charge in [-0.2, -0.15) is 0 Å². The SMILES string of the molecule is Cc1ccc2c(N3CCN(CC(=O)c4cc(F)c5c(c4)NC(=O)CO5)CC3)cc(F)cc2n1.Cc1ccc2c(N3CCN(CCc4cc(F)c5c(c4)NC(=O)CO5)CC3)cc(F)cc2n1. The highest BCUT2D eigenvalue weighted by Crippen LogP contribution is 2.35. The lowest BCUT2D eigenvalue weighted by molar-refractivity contribution is -0.119. The van der Waals surface area contributed by atoms with Crippen molar-refractivity contribution in [2.45, 2.75) is 20.3 Å². The number of carbonyl (C=O) groups is 3. The zero-order chi connectivity index (χ0) is 45.4. The molecule has 0 bridgehead atoms. The third-order valence-electron chi connectivity index (χ3n) is 12.0. The van der Waals surface area contributed by atoms with Crippen molar-refractivity contribution >= 4 is 62.2 Å². The minimum absolute atomic E-state index is 0.0493. The van der Waals surface area contributed by atoms with Crippen LogP contribution < -0.4 is 29.9 Å². The number of rotatable bonds is 8. The number of pyridine rings is 2. The second-order valence-electron chi connectivity index (χ2n) is 16.6. The van der Waals surface area contributed by atoms with Crippen LogP contribution in [-0.2, 0) is 16.0 Å². The maximum Gasteiger partial charge on any atom is 0.262 e. The number of ketones is 1. The van der Waals surface area contributed by atoms with Crippen LogP contribution in [0.1, 0.15) is 27.3 Å². The molecule has 4 aliphatic heterocycles. The summed E-state index contributed by atoms with van der Waals surface area (Å²) in [4.78, 5) is 53.3. The molecule has 0 aliphatic carbocycles. The molecule has 13 nitrogen and oxygen atoms in total. The molecule has 0 saturated carbocycles. The molecule has 2 N–H and O–H groups in total. The zero-order valence-electron chi connectivity index (χ0n) is 35.9. The average molecular weight is 891 g/mol. The van der Waals surface area contributed by atoms with E-state index in [4.69, 9.17) is 9.47 Å². The Kier molecular flexibility index (Phi) is 12.2. The first kappa shape index (κ1) is 43.4. The molecule has 2 fully saturated rings. The second-order valence-corrected chi connectivity index (χ2v) is 16.6. The quantitative estimate of drug-likeness (QED) is 0.126. The van der Waals surface area contributed by atoms with E-state index in [0.29, 0.717) is 49.3 Å². The molecule has 10 rings (SSSR count). The van der Waals surface area contributed by atoms with Crippen LogP contribution in [0.2, 0.25) is 0 Å². The summed E-state index contributed by atoms with van der Waals surface area (Å²) in [5, 5.41) is 7.05. The standard InChI is InChI=1S/C24H22F2N4O3.C24H24F2N4O2/c1-14-2-3-17-19(27-14)10-16(25)11-21(17)30-6-4-29(5-7-30)12-22(31)15-8-18(26)24-20(9-15)28-23(32)13-33-24;1-15-2-3-18-20(27-15)12-17(25)13-22(18)30-8-6-29(7-9-30)5-4-16-10-19(26)24-21(11-16)28-23(31)14-32-24/h2-3,8-11H,4-7,12-13H2,1H3,(H,28,32);2-3,10-13H,4-9,14H2,1H3,(H,28,31). The summed E-state index contributed by atoms with van der Waals surface area (Å²) in [6, 6.07) is 19.7. The second kappa shape index (κ2) is 18.3. The fraction of sp³-hybridized carbons (Fsp3) is 0.312. The highest BCUT2D eigenvalue weighted by atomic mass is 19.1. The van der Waals surface area contributed by atoms with Crippen molar-refractivity contribution in [1.29, 1.82) is 0 Å². The monoisotopic (exact) mass is 890 g/mol. The van der Waals surface area contributed by atoms with E-state index in [9.17, 15) is 31.9 Å². The number of hydrogen-bond acceptors (Lipinski definition) is 11. The summed E-state index contributed by atoms with van der Waals surface area (Å²) >= 11 is 0. The van der Waals surface area contributed by atoms with Gasteiger partial charge in [0.15, 0.2) is 42.1 Å². The molecule has 0 spiro atoms. The van der Waals surface area contributed by atoms with Gasteiger partial charge in [-0.3, -0.25) is 34.2 Å². The fourth-order valence-electron chi connectivity index (χ4n) is 8.71. The van der Waals surface area contributed by atoms with Crippen LogP contribution in [0, 0.1) is 37.1 Å². The Morgan fingerprint density at radius 3 is 1.65 bits per heavy atom. The Hall–Kier alpha value is -6.85. The number of amides is 2. The first-order chi connectivity index (χ1) is 31.3. The summed E-state index contributed by atoms with van der Waals surface area (Å²) in [5.74, 6) is -2.61. The van der Waals surface area contributed by atoms with Crippen molar-refractivity contribution in [2.75, 3.05) is 99.1 Å². The van der Waals surface area contributed by atoms with Crippen molar-refractivity contribution in [1.82, 2.24) is 19.8 Å². The molecule has 2 amide bonds. The highest BCUT2D eigenvalue weighted by molar-refractivity contribution is 6.02. The summed E-state index contributed by atoms with van der Waals surface area (Å²) in [6.45, 7) is 9.85. The number of benzene rings is 4. The Bertz CT molecular complexity index is 2840. The van der Waals surface area contributed by atoms with E-state index in [1.165, 1.54) is 30.3 Å². The van der Waals surface area contributed by atoms with E-state index in [0.717, 1.165) is 77.9 Å². The van der Waals surface area contributed by atoms with Crippen molar-refractivity contribution in [2.24, 2.45) is 0 Å². The smallest absolute Gasteiger partial charge is 0.262 e. The van der Waals surface area contributed by atoms with Gasteiger partial charge in [0, 0.05) is 110 Å². The number of Topliss-reactive ketones (excluding diaryl/α,β-unsaturated/α-hetero) is 1. The number of fused-ring (bicyclic) bond motifs is 4. The van der Waals surface area contributed by atoms with Crippen molar-refractivity contribution < 1.29 is 41.4 Å². The van der Waals surface area contributed by atoms with Gasteiger partial charge in [-0.25, -0.2) is 17.6 Å². The first-order valence-electron chi connectivity index (χ1n) is 21.5. The van der Waals surface area contributed by atoms with Gasteiger partial charge in [0.25, 0.3) is 11.8 Å². The number of ether oxygens (including phenoxy) is 2. The Balaban J connectivity index is 0.000000164. The Morgan fingerprint density at radius 2 is 1.11 bits per heavy atom. The number of halogens is 4. The number of aromatic nitrogens is 2. The molecular formula is C48H46F4N8O5. The molecular weight excluding hydrogens is 845 g/mol. The van der Waals surface area contributed by atoms with E-state index < -0.39 is 17.5 Å². The van der Waals surface area contributed by atoms with Crippen LogP contribution in [0.15, 0.2) is 72.8 Å². The number of piperazine rings is 2. The molecule has 0 unspecified atom stereocenters. The van der Waals surface area contributed by atoms with Gasteiger partial charge < -0.3 is 29.9 Å². The summed E-state index contributed by atoms with van der Waals surface area (Å²) in [7, 11) is 0. The van der Waals surface area contributed by atoms with Crippen LogP contribution in [-0.4, -0.2) is 116 Å². The molecule has 0 atom stereocenters. The topological polar surface area (TPSA) is 132 Å². The lowest BCUT2D eigenvalue weighted by atomic mass is 10.1. The normalized spacial score (nSPS) is 16.5.